The van der Waals surface area contributed by atoms with Crippen LogP contribution in [0.15, 0.2) is 66.7 Å². The maximum absolute atomic E-state index is 13.7. The van der Waals surface area contributed by atoms with Gasteiger partial charge in [-0.05, 0) is 61.9 Å². The molecule has 0 radical (unpaired) electrons. The number of hydrogen-bond acceptors (Lipinski definition) is 5. The first kappa shape index (κ1) is 27.2. The first-order valence-corrected chi connectivity index (χ1v) is 14.1. The fourth-order valence-corrected chi connectivity index (χ4v) is 5.67. The monoisotopic (exact) mass is 588 g/mol. The maximum atomic E-state index is 13.7. The summed E-state index contributed by atoms with van der Waals surface area (Å²) in [5.41, 5.74) is 4.90. The van der Waals surface area contributed by atoms with Crippen LogP contribution in [-0.4, -0.2) is 56.7 Å². The van der Waals surface area contributed by atoms with Gasteiger partial charge in [-0.2, -0.15) is 5.10 Å². The summed E-state index contributed by atoms with van der Waals surface area (Å²) in [6.45, 7) is 6.16. The normalized spacial score (nSPS) is 13.7. The number of rotatable bonds is 5. The van der Waals surface area contributed by atoms with E-state index in [0.29, 0.717) is 65.4 Å². The van der Waals surface area contributed by atoms with Gasteiger partial charge in [0.05, 0.1) is 16.8 Å². The van der Waals surface area contributed by atoms with Crippen molar-refractivity contribution >= 4 is 46.0 Å². The summed E-state index contributed by atoms with van der Waals surface area (Å²) in [7, 11) is 0. The third-order valence-electron chi connectivity index (χ3n) is 7.26. The lowest BCUT2D eigenvalue weighted by molar-refractivity contribution is 0.0746. The van der Waals surface area contributed by atoms with Gasteiger partial charge in [-0.25, -0.2) is 19.0 Å². The van der Waals surface area contributed by atoms with Gasteiger partial charge in [0, 0.05) is 48.2 Å². The molecule has 6 rings (SSSR count). The fraction of sp³-hybridized carbons (Fsp3) is 0.226. The molecule has 3 aromatic carbocycles. The molecule has 0 bridgehead atoms. The lowest BCUT2D eigenvalue weighted by Crippen LogP contribution is -2.49. The van der Waals surface area contributed by atoms with E-state index in [-0.39, 0.29) is 11.7 Å². The Hall–Kier alpha value is -4.01. The molecule has 1 amide bonds. The van der Waals surface area contributed by atoms with Gasteiger partial charge in [-0.3, -0.25) is 4.79 Å². The zero-order valence-electron chi connectivity index (χ0n) is 22.6. The molecule has 1 fully saturated rings. The van der Waals surface area contributed by atoms with Crippen molar-refractivity contribution in [2.45, 2.75) is 20.3 Å². The molecule has 0 unspecified atom stereocenters. The van der Waals surface area contributed by atoms with Gasteiger partial charge in [0.15, 0.2) is 5.65 Å². The number of carbonyl (C=O) groups excluding carboxylic acids is 1. The first-order valence-electron chi connectivity index (χ1n) is 13.3. The van der Waals surface area contributed by atoms with E-state index in [1.807, 2.05) is 6.92 Å². The van der Waals surface area contributed by atoms with E-state index in [9.17, 15) is 9.18 Å². The van der Waals surface area contributed by atoms with Crippen molar-refractivity contribution < 1.29 is 9.18 Å². The van der Waals surface area contributed by atoms with Gasteiger partial charge in [0.2, 0.25) is 0 Å². The Morgan fingerprint density at radius 1 is 0.878 bits per heavy atom. The summed E-state index contributed by atoms with van der Waals surface area (Å²) in [5.74, 6) is 1.01. The van der Waals surface area contributed by atoms with Gasteiger partial charge in [-0.1, -0.05) is 53.0 Å². The van der Waals surface area contributed by atoms with Crippen LogP contribution in [0.3, 0.4) is 0 Å². The molecule has 10 heteroatoms. The van der Waals surface area contributed by atoms with Crippen molar-refractivity contribution in [2.75, 3.05) is 31.1 Å². The second-order valence-corrected chi connectivity index (χ2v) is 11.1. The van der Waals surface area contributed by atoms with Gasteiger partial charge in [0.1, 0.15) is 17.5 Å². The number of aromatic nitrogens is 4. The van der Waals surface area contributed by atoms with Gasteiger partial charge < -0.3 is 9.80 Å². The predicted octanol–water partition coefficient (Wildman–Crippen LogP) is 6.43. The largest absolute Gasteiger partial charge is 0.352 e. The van der Waals surface area contributed by atoms with Gasteiger partial charge in [-0.15, -0.1) is 0 Å². The highest BCUT2D eigenvalue weighted by molar-refractivity contribution is 6.35. The summed E-state index contributed by atoms with van der Waals surface area (Å²) in [6, 6.07) is 19.4. The molecule has 0 aliphatic carbocycles. The number of halogens is 3. The third kappa shape index (κ3) is 5.62. The Kier molecular flexibility index (Phi) is 7.36. The number of aryl methyl sites for hydroxylation is 2. The number of anilines is 1. The Balaban J connectivity index is 1.35. The smallest absolute Gasteiger partial charge is 0.254 e. The molecule has 2 aromatic heterocycles. The van der Waals surface area contributed by atoms with Crippen LogP contribution < -0.4 is 4.90 Å². The molecule has 0 N–H and O–H groups in total. The topological polar surface area (TPSA) is 67.2 Å². The lowest BCUT2D eigenvalue weighted by Gasteiger charge is -2.36. The second kappa shape index (κ2) is 11.1. The number of piperazine rings is 1. The SMILES string of the molecule is Cc1ccc(Cc2nc(N3CCN(C(=O)c4cc(Cl)cc(Cl)c4)CC3)c3c(C)nn(-c4ccc(F)cc4)c3n2)cc1. The molecule has 1 saturated heterocycles. The molecular weight excluding hydrogens is 562 g/mol. The molecule has 0 saturated carbocycles. The summed E-state index contributed by atoms with van der Waals surface area (Å²) >= 11 is 12.3. The minimum Gasteiger partial charge on any atom is -0.352 e. The van der Waals surface area contributed by atoms with E-state index in [1.54, 1.807) is 39.9 Å². The molecule has 0 spiro atoms. The summed E-state index contributed by atoms with van der Waals surface area (Å²) in [5, 5.41) is 6.47. The van der Waals surface area contributed by atoms with Crippen molar-refractivity contribution in [3.8, 4) is 5.69 Å². The van der Waals surface area contributed by atoms with E-state index >= 15 is 0 Å². The Bertz CT molecular complexity index is 1730. The summed E-state index contributed by atoms with van der Waals surface area (Å²) < 4.78 is 15.4. The summed E-state index contributed by atoms with van der Waals surface area (Å²) in [4.78, 5) is 27.2. The molecule has 41 heavy (non-hydrogen) atoms. The number of hydrogen-bond donors (Lipinski definition) is 0. The van der Waals surface area contributed by atoms with Gasteiger partial charge in [0.25, 0.3) is 5.91 Å². The van der Waals surface area contributed by atoms with Gasteiger partial charge >= 0.3 is 0 Å². The van der Waals surface area contributed by atoms with E-state index in [4.69, 9.17) is 38.3 Å². The van der Waals surface area contributed by atoms with Crippen molar-refractivity contribution in [1.29, 1.82) is 0 Å². The molecule has 1 aliphatic rings. The number of carbonyl (C=O) groups is 1. The van der Waals surface area contributed by atoms with E-state index in [1.165, 1.54) is 17.7 Å². The molecule has 0 atom stereocenters. The van der Waals surface area contributed by atoms with E-state index < -0.39 is 0 Å². The van der Waals surface area contributed by atoms with Crippen LogP contribution in [0, 0.1) is 19.7 Å². The fourth-order valence-electron chi connectivity index (χ4n) is 5.15. The number of amides is 1. The van der Waals surface area contributed by atoms with Crippen molar-refractivity contribution in [3.05, 3.63) is 111 Å². The molecular formula is C31H27Cl2FN6O. The van der Waals surface area contributed by atoms with E-state index in [0.717, 1.165) is 22.5 Å². The minimum atomic E-state index is -0.315. The third-order valence-corrected chi connectivity index (χ3v) is 7.70. The minimum absolute atomic E-state index is 0.109. The summed E-state index contributed by atoms with van der Waals surface area (Å²) in [6.07, 6.45) is 0.546. The highest BCUT2D eigenvalue weighted by atomic mass is 35.5. The van der Waals surface area contributed by atoms with Crippen molar-refractivity contribution in [3.63, 3.8) is 0 Å². The molecule has 7 nitrogen and oxygen atoms in total. The van der Waals surface area contributed by atoms with Crippen LogP contribution in [0.5, 0.6) is 0 Å². The zero-order chi connectivity index (χ0) is 28.7. The molecule has 208 valence electrons. The standard InChI is InChI=1S/C31H27Cl2FN6O/c1-19-3-5-21(6-4-19)15-27-35-29(28-20(2)37-40(30(28)36-27)26-9-7-25(34)8-10-26)38-11-13-39(14-12-38)31(41)22-16-23(32)18-24(33)17-22/h3-10,16-18H,11-15H2,1-2H3. The Labute approximate surface area is 247 Å². The van der Waals surface area contributed by atoms with Crippen LogP contribution >= 0.6 is 23.2 Å². The van der Waals surface area contributed by atoms with Crippen molar-refractivity contribution in [1.82, 2.24) is 24.6 Å². The Morgan fingerprint density at radius 2 is 1.54 bits per heavy atom. The average Bonchev–Trinajstić information content (AvgIpc) is 3.29. The second-order valence-electron chi connectivity index (χ2n) is 10.2. The Morgan fingerprint density at radius 3 is 2.20 bits per heavy atom. The highest BCUT2D eigenvalue weighted by Gasteiger charge is 2.27. The number of benzene rings is 3. The zero-order valence-corrected chi connectivity index (χ0v) is 24.1. The molecule has 3 heterocycles. The molecule has 5 aromatic rings. The first-order chi connectivity index (χ1) is 19.7. The van der Waals surface area contributed by atoms with Crippen LogP contribution in [0.25, 0.3) is 16.7 Å². The number of nitrogens with zero attached hydrogens (tertiary/aromatic N) is 6. The van der Waals surface area contributed by atoms with Crippen LogP contribution in [0.1, 0.15) is 33.0 Å². The number of fused-ring (bicyclic) bond motifs is 1. The molecule has 1 aliphatic heterocycles. The predicted molar refractivity (Wildman–Crippen MR) is 160 cm³/mol. The quantitative estimate of drug-likeness (QED) is 0.236. The average molecular weight is 590 g/mol. The van der Waals surface area contributed by atoms with E-state index in [2.05, 4.69) is 36.1 Å². The lowest BCUT2D eigenvalue weighted by atomic mass is 10.1. The van der Waals surface area contributed by atoms with Crippen molar-refractivity contribution in [2.24, 2.45) is 0 Å². The van der Waals surface area contributed by atoms with Crippen LogP contribution in [0.4, 0.5) is 10.2 Å². The maximum Gasteiger partial charge on any atom is 0.254 e. The van der Waals surface area contributed by atoms with Crippen LogP contribution in [-0.2, 0) is 6.42 Å². The highest BCUT2D eigenvalue weighted by Crippen LogP contribution is 2.31. The van der Waals surface area contributed by atoms with Crippen LogP contribution in [0.2, 0.25) is 10.0 Å².